The van der Waals surface area contributed by atoms with Crippen LogP contribution in [0.3, 0.4) is 0 Å². The van der Waals surface area contributed by atoms with Crippen molar-refractivity contribution in [3.63, 3.8) is 0 Å². The summed E-state index contributed by atoms with van der Waals surface area (Å²) in [5, 5.41) is 3.15. The molecule has 28 heavy (non-hydrogen) atoms. The number of aryl methyl sites for hydroxylation is 2. The monoisotopic (exact) mass is 417 g/mol. The maximum absolute atomic E-state index is 13.7. The zero-order chi connectivity index (χ0) is 20.2. The minimum atomic E-state index is -4.69. The van der Waals surface area contributed by atoms with E-state index in [0.29, 0.717) is 5.56 Å². The van der Waals surface area contributed by atoms with Gasteiger partial charge in [-0.2, -0.15) is 13.2 Å². The minimum Gasteiger partial charge on any atom is -0.381 e. The molecule has 3 nitrogen and oxygen atoms in total. The molecule has 0 heterocycles. The largest absolute Gasteiger partial charge is 0.419 e. The SMILES string of the molecule is CCN(C)C=Nc1cc(C)c(NCc2ccc(C(F)(F)F)c(F)c2)cc1C.Cl. The van der Waals surface area contributed by atoms with Gasteiger partial charge in [0.05, 0.1) is 17.6 Å². The molecule has 0 fully saturated rings. The average Bonchev–Trinajstić information content (AvgIpc) is 2.59. The first-order chi connectivity index (χ1) is 12.6. The predicted octanol–water partition coefficient (Wildman–Crippen LogP) is 6.11. The molecule has 0 aliphatic rings. The number of hydrogen-bond donors (Lipinski definition) is 1. The Hall–Kier alpha value is -2.28. The first-order valence-corrected chi connectivity index (χ1v) is 8.57. The molecule has 154 valence electrons. The van der Waals surface area contributed by atoms with Crippen molar-refractivity contribution in [2.45, 2.75) is 33.5 Å². The van der Waals surface area contributed by atoms with Crippen molar-refractivity contribution < 1.29 is 17.6 Å². The van der Waals surface area contributed by atoms with Crippen LogP contribution in [0, 0.1) is 19.7 Å². The molecule has 0 aliphatic heterocycles. The van der Waals surface area contributed by atoms with Gasteiger partial charge in [0.2, 0.25) is 0 Å². The summed E-state index contributed by atoms with van der Waals surface area (Å²) in [6.45, 7) is 6.95. The molecule has 0 radical (unpaired) electrons. The van der Waals surface area contributed by atoms with E-state index in [1.54, 1.807) is 6.34 Å². The van der Waals surface area contributed by atoms with Gasteiger partial charge in [-0.3, -0.25) is 0 Å². The standard InChI is InChI=1S/C20H23F4N3.ClH/c1-5-27(4)12-26-19-9-13(2)18(8-14(19)3)25-11-15-6-7-16(17(21)10-15)20(22,23)24;/h6-10,12,25H,5,11H2,1-4H3;1H. The first-order valence-electron chi connectivity index (χ1n) is 8.57. The summed E-state index contributed by atoms with van der Waals surface area (Å²) in [5.41, 5.74) is 2.76. The zero-order valence-corrected chi connectivity index (χ0v) is 17.0. The number of rotatable bonds is 6. The molecular weight excluding hydrogens is 394 g/mol. The van der Waals surface area contributed by atoms with Crippen molar-refractivity contribution >= 4 is 30.1 Å². The Morgan fingerprint density at radius 3 is 2.36 bits per heavy atom. The molecular formula is C20H24ClF4N3. The maximum Gasteiger partial charge on any atom is 0.419 e. The third-order valence-corrected chi connectivity index (χ3v) is 4.26. The van der Waals surface area contributed by atoms with E-state index in [1.165, 1.54) is 6.07 Å². The van der Waals surface area contributed by atoms with Crippen LogP contribution >= 0.6 is 12.4 Å². The van der Waals surface area contributed by atoms with Gasteiger partial charge in [-0.05, 0) is 61.7 Å². The minimum absolute atomic E-state index is 0. The Bertz CT molecular complexity index is 835. The third kappa shape index (κ3) is 6.12. The lowest BCUT2D eigenvalue weighted by atomic mass is 10.1. The van der Waals surface area contributed by atoms with Crippen molar-refractivity contribution in [1.29, 1.82) is 0 Å². The number of benzene rings is 2. The number of hydrogen-bond acceptors (Lipinski definition) is 2. The Kier molecular flexibility index (Phi) is 8.29. The van der Waals surface area contributed by atoms with E-state index in [1.807, 2.05) is 44.9 Å². The highest BCUT2D eigenvalue weighted by Gasteiger charge is 2.33. The van der Waals surface area contributed by atoms with Gasteiger partial charge >= 0.3 is 6.18 Å². The molecule has 8 heteroatoms. The van der Waals surface area contributed by atoms with Gasteiger partial charge < -0.3 is 10.2 Å². The number of aliphatic imine (C=N–C) groups is 1. The molecule has 0 bridgehead atoms. The van der Waals surface area contributed by atoms with Crippen LogP contribution in [-0.4, -0.2) is 24.8 Å². The fourth-order valence-corrected chi connectivity index (χ4v) is 2.47. The molecule has 2 aromatic carbocycles. The summed E-state index contributed by atoms with van der Waals surface area (Å²) in [4.78, 5) is 6.42. The van der Waals surface area contributed by atoms with Crippen LogP contribution in [0.15, 0.2) is 35.3 Å². The van der Waals surface area contributed by atoms with Gasteiger partial charge in [0.1, 0.15) is 5.82 Å². The number of nitrogens with zero attached hydrogens (tertiary/aromatic N) is 2. The summed E-state index contributed by atoms with van der Waals surface area (Å²) >= 11 is 0. The van der Waals surface area contributed by atoms with Gasteiger partial charge in [-0.1, -0.05) is 6.07 Å². The molecule has 0 saturated heterocycles. The van der Waals surface area contributed by atoms with Crippen molar-refractivity contribution in [1.82, 2.24) is 4.90 Å². The highest BCUT2D eigenvalue weighted by Crippen LogP contribution is 2.32. The van der Waals surface area contributed by atoms with Crippen LogP contribution in [0.25, 0.3) is 0 Å². The molecule has 0 aliphatic carbocycles. The van der Waals surface area contributed by atoms with E-state index in [9.17, 15) is 17.6 Å². The number of halogens is 5. The van der Waals surface area contributed by atoms with Crippen molar-refractivity contribution in [2.24, 2.45) is 4.99 Å². The lowest BCUT2D eigenvalue weighted by molar-refractivity contribution is -0.140. The summed E-state index contributed by atoms with van der Waals surface area (Å²) in [6.07, 6.45) is -2.92. The van der Waals surface area contributed by atoms with E-state index in [0.717, 1.165) is 41.2 Å². The molecule has 0 spiro atoms. The highest BCUT2D eigenvalue weighted by molar-refractivity contribution is 5.85. The molecule has 0 amide bonds. The molecule has 2 rings (SSSR count). The van der Waals surface area contributed by atoms with Crippen molar-refractivity contribution in [3.05, 3.63) is 58.4 Å². The van der Waals surface area contributed by atoms with Gasteiger partial charge in [0.15, 0.2) is 0 Å². The van der Waals surface area contributed by atoms with Crippen LogP contribution in [-0.2, 0) is 12.7 Å². The number of alkyl halides is 3. The summed E-state index contributed by atoms with van der Waals surface area (Å²) < 4.78 is 51.6. The second kappa shape index (κ2) is 9.78. The molecule has 0 unspecified atom stereocenters. The lowest BCUT2D eigenvalue weighted by Crippen LogP contribution is -2.14. The molecule has 2 aromatic rings. The van der Waals surface area contributed by atoms with Crippen molar-refractivity contribution in [2.75, 3.05) is 18.9 Å². The Balaban J connectivity index is 0.00000392. The average molecular weight is 418 g/mol. The topological polar surface area (TPSA) is 27.6 Å². The van der Waals surface area contributed by atoms with E-state index < -0.39 is 17.6 Å². The third-order valence-electron chi connectivity index (χ3n) is 4.26. The molecule has 0 atom stereocenters. The predicted molar refractivity (Wildman–Crippen MR) is 108 cm³/mol. The van der Waals surface area contributed by atoms with Crippen molar-refractivity contribution in [3.8, 4) is 0 Å². The van der Waals surface area contributed by atoms with Gasteiger partial charge in [0.25, 0.3) is 0 Å². The van der Waals surface area contributed by atoms with E-state index in [-0.39, 0.29) is 19.0 Å². The normalized spacial score (nSPS) is 11.4. The van der Waals surface area contributed by atoms with Crippen LogP contribution in [0.4, 0.5) is 28.9 Å². The van der Waals surface area contributed by atoms with Crippen LogP contribution < -0.4 is 5.32 Å². The zero-order valence-electron chi connectivity index (χ0n) is 16.2. The Morgan fingerprint density at radius 1 is 1.11 bits per heavy atom. The summed E-state index contributed by atoms with van der Waals surface area (Å²) in [6, 6.07) is 6.82. The van der Waals surface area contributed by atoms with Crippen LogP contribution in [0.2, 0.25) is 0 Å². The Morgan fingerprint density at radius 2 is 1.79 bits per heavy atom. The Labute approximate surface area is 168 Å². The van der Waals surface area contributed by atoms with Gasteiger partial charge in [-0.15, -0.1) is 12.4 Å². The molecule has 0 saturated carbocycles. The number of anilines is 1. The second-order valence-corrected chi connectivity index (χ2v) is 6.44. The fraction of sp³-hybridized carbons (Fsp3) is 0.350. The lowest BCUT2D eigenvalue weighted by Gasteiger charge is -2.14. The summed E-state index contributed by atoms with van der Waals surface area (Å²) in [5.74, 6) is -1.26. The maximum atomic E-state index is 13.7. The quantitative estimate of drug-likeness (QED) is 0.349. The van der Waals surface area contributed by atoms with E-state index >= 15 is 0 Å². The first kappa shape index (κ1) is 23.8. The highest BCUT2D eigenvalue weighted by atomic mass is 35.5. The molecule has 1 N–H and O–H groups in total. The van der Waals surface area contributed by atoms with Gasteiger partial charge in [-0.25, -0.2) is 9.38 Å². The van der Waals surface area contributed by atoms with Crippen LogP contribution in [0.1, 0.15) is 29.2 Å². The van der Waals surface area contributed by atoms with E-state index in [4.69, 9.17) is 0 Å². The van der Waals surface area contributed by atoms with E-state index in [2.05, 4.69) is 10.3 Å². The molecule has 0 aromatic heterocycles. The number of nitrogens with one attached hydrogen (secondary N) is 1. The van der Waals surface area contributed by atoms with Crippen LogP contribution in [0.5, 0.6) is 0 Å². The second-order valence-electron chi connectivity index (χ2n) is 6.44. The smallest absolute Gasteiger partial charge is 0.381 e. The van der Waals surface area contributed by atoms with Gasteiger partial charge in [0, 0.05) is 25.8 Å². The fourth-order valence-electron chi connectivity index (χ4n) is 2.47. The summed E-state index contributed by atoms with van der Waals surface area (Å²) in [7, 11) is 1.94.